The maximum Gasteiger partial charge on any atom is 0.409 e. The predicted octanol–water partition coefficient (Wildman–Crippen LogP) is 4.39. The summed E-state index contributed by atoms with van der Waals surface area (Å²) in [6, 6.07) is 11.2. The van der Waals surface area contributed by atoms with E-state index in [1.54, 1.807) is 24.4 Å². The number of hydrogen-bond donors (Lipinski definition) is 2. The first-order valence-electron chi connectivity index (χ1n) is 7.01. The fourth-order valence-corrected chi connectivity index (χ4v) is 2.16. The third-order valence-electron chi connectivity index (χ3n) is 3.34. The predicted molar refractivity (Wildman–Crippen MR) is 85.6 cm³/mol. The van der Waals surface area contributed by atoms with Gasteiger partial charge in [0.15, 0.2) is 0 Å². The monoisotopic (exact) mass is 331 g/mol. The molecule has 1 heterocycles. The van der Waals surface area contributed by atoms with Crippen LogP contribution in [0.2, 0.25) is 0 Å². The highest BCUT2D eigenvalue weighted by Crippen LogP contribution is 2.19. The van der Waals surface area contributed by atoms with Gasteiger partial charge in [-0.3, -0.25) is 9.89 Å². The van der Waals surface area contributed by atoms with E-state index in [2.05, 4.69) is 15.5 Å². The number of nitrogens with zero attached hydrogens (tertiary/aromatic N) is 1. The smallest absolute Gasteiger partial charge is 0.322 e. The molecule has 1 aromatic heterocycles. The molecule has 0 aliphatic carbocycles. The number of carbonyl (C=O) groups excluding carboxylic acids is 1. The Morgan fingerprint density at radius 2 is 1.88 bits per heavy atom. The number of amides is 1. The summed E-state index contributed by atoms with van der Waals surface area (Å²) in [6.07, 6.45) is -1.61. The van der Waals surface area contributed by atoms with E-state index in [1.165, 1.54) is 24.3 Å². The van der Waals surface area contributed by atoms with Crippen molar-refractivity contribution in [2.75, 3.05) is 5.32 Å². The van der Waals surface area contributed by atoms with Crippen molar-refractivity contribution >= 4 is 28.6 Å². The highest BCUT2D eigenvalue weighted by Gasteiger charge is 2.21. The molecule has 3 aromatic rings. The maximum atomic E-state index is 12.2. The number of H-pyrrole nitrogens is 1. The van der Waals surface area contributed by atoms with Crippen molar-refractivity contribution in [3.05, 3.63) is 65.9 Å². The number of aromatic amines is 1. The average Bonchev–Trinajstić information content (AvgIpc) is 3.00. The Morgan fingerprint density at radius 3 is 2.58 bits per heavy atom. The minimum atomic E-state index is -4.36. The molecule has 0 radical (unpaired) electrons. The lowest BCUT2D eigenvalue weighted by Crippen LogP contribution is -2.11. The molecule has 7 heteroatoms. The Balaban J connectivity index is 1.71. The van der Waals surface area contributed by atoms with Crippen molar-refractivity contribution < 1.29 is 18.0 Å². The quantitative estimate of drug-likeness (QED) is 0.748. The van der Waals surface area contributed by atoms with Crippen LogP contribution in [0.5, 0.6) is 0 Å². The van der Waals surface area contributed by atoms with Crippen molar-refractivity contribution in [1.82, 2.24) is 10.2 Å². The largest absolute Gasteiger partial charge is 0.409 e. The van der Waals surface area contributed by atoms with Gasteiger partial charge in [-0.05, 0) is 35.9 Å². The van der Waals surface area contributed by atoms with Crippen LogP contribution in [-0.4, -0.2) is 22.3 Å². The molecule has 0 saturated carbocycles. The summed E-state index contributed by atoms with van der Waals surface area (Å²) in [4.78, 5) is 12.2. The third-order valence-corrected chi connectivity index (χ3v) is 3.34. The van der Waals surface area contributed by atoms with Gasteiger partial charge in [-0.2, -0.15) is 18.3 Å². The van der Waals surface area contributed by atoms with Crippen LogP contribution in [0.15, 0.2) is 54.7 Å². The normalized spacial score (nSPS) is 12.0. The first kappa shape index (κ1) is 15.8. The summed E-state index contributed by atoms with van der Waals surface area (Å²) in [5, 5.41) is 10.3. The molecule has 0 saturated heterocycles. The van der Waals surface area contributed by atoms with Gasteiger partial charge in [0.25, 0.3) is 5.91 Å². The second-order valence-electron chi connectivity index (χ2n) is 5.12. The minimum Gasteiger partial charge on any atom is -0.322 e. The van der Waals surface area contributed by atoms with Crippen LogP contribution in [-0.2, 0) is 0 Å². The van der Waals surface area contributed by atoms with E-state index in [9.17, 15) is 18.0 Å². The van der Waals surface area contributed by atoms with Gasteiger partial charge in [-0.1, -0.05) is 18.2 Å². The lowest BCUT2D eigenvalue weighted by molar-refractivity contribution is -0.0790. The summed E-state index contributed by atoms with van der Waals surface area (Å²) in [7, 11) is 0. The Labute approximate surface area is 135 Å². The number of aromatic nitrogens is 2. The fourth-order valence-electron chi connectivity index (χ4n) is 2.16. The van der Waals surface area contributed by atoms with Gasteiger partial charge in [-0.15, -0.1) is 0 Å². The molecule has 0 fully saturated rings. The van der Waals surface area contributed by atoms with Crippen LogP contribution in [0.3, 0.4) is 0 Å². The molecule has 24 heavy (non-hydrogen) atoms. The summed E-state index contributed by atoms with van der Waals surface area (Å²) in [6.45, 7) is 0. The molecular weight excluding hydrogens is 319 g/mol. The number of allylic oxidation sites excluding steroid dienone is 1. The van der Waals surface area contributed by atoms with Gasteiger partial charge < -0.3 is 5.32 Å². The van der Waals surface area contributed by atoms with Gasteiger partial charge in [0.05, 0.1) is 11.7 Å². The lowest BCUT2D eigenvalue weighted by Gasteiger charge is -2.06. The minimum absolute atomic E-state index is 0.155. The zero-order chi connectivity index (χ0) is 17.2. The summed E-state index contributed by atoms with van der Waals surface area (Å²) in [5.74, 6) is -0.343. The van der Waals surface area contributed by atoms with Crippen LogP contribution >= 0.6 is 0 Å². The van der Waals surface area contributed by atoms with Crippen LogP contribution in [0.4, 0.5) is 18.9 Å². The van der Waals surface area contributed by atoms with Crippen molar-refractivity contribution in [2.45, 2.75) is 6.18 Å². The number of nitrogens with one attached hydrogen (secondary N) is 2. The Hall–Kier alpha value is -3.09. The summed E-state index contributed by atoms with van der Waals surface area (Å²) in [5.41, 5.74) is 2.18. The molecule has 2 aromatic carbocycles. The Bertz CT molecular complexity index is 895. The van der Waals surface area contributed by atoms with Crippen molar-refractivity contribution in [3.63, 3.8) is 0 Å². The fraction of sp³-hybridized carbons (Fsp3) is 0.0588. The van der Waals surface area contributed by atoms with Crippen molar-refractivity contribution in [1.29, 1.82) is 0 Å². The highest BCUT2D eigenvalue weighted by molar-refractivity contribution is 6.05. The molecule has 0 unspecified atom stereocenters. The summed E-state index contributed by atoms with van der Waals surface area (Å²) >= 11 is 0. The standard InChI is InChI=1S/C17H12F3N3O/c18-17(19,20)8-7-11-1-3-12(4-2-11)16(24)22-14-5-6-15-13(9-14)10-21-23-15/h1-10H,(H,21,23)(H,22,24). The molecule has 3 rings (SSSR count). The van der Waals surface area contributed by atoms with E-state index in [0.717, 1.165) is 17.0 Å². The molecule has 122 valence electrons. The van der Waals surface area contributed by atoms with E-state index in [1.807, 2.05) is 0 Å². The molecule has 0 atom stereocenters. The second-order valence-corrected chi connectivity index (χ2v) is 5.12. The van der Waals surface area contributed by atoms with Gasteiger partial charge in [0.2, 0.25) is 0 Å². The summed E-state index contributed by atoms with van der Waals surface area (Å²) < 4.78 is 36.4. The van der Waals surface area contributed by atoms with E-state index in [4.69, 9.17) is 0 Å². The first-order chi connectivity index (χ1) is 11.4. The van der Waals surface area contributed by atoms with E-state index < -0.39 is 6.18 Å². The molecule has 4 nitrogen and oxygen atoms in total. The zero-order valence-corrected chi connectivity index (χ0v) is 12.3. The van der Waals surface area contributed by atoms with Crippen molar-refractivity contribution in [2.24, 2.45) is 0 Å². The van der Waals surface area contributed by atoms with Crippen molar-refractivity contribution in [3.8, 4) is 0 Å². The van der Waals surface area contributed by atoms with Gasteiger partial charge >= 0.3 is 6.18 Å². The van der Waals surface area contributed by atoms with E-state index >= 15 is 0 Å². The number of rotatable bonds is 3. The number of hydrogen-bond acceptors (Lipinski definition) is 2. The molecule has 2 N–H and O–H groups in total. The highest BCUT2D eigenvalue weighted by atomic mass is 19.4. The van der Waals surface area contributed by atoms with Crippen LogP contribution < -0.4 is 5.32 Å². The van der Waals surface area contributed by atoms with Gasteiger partial charge in [0, 0.05) is 22.7 Å². The molecule has 0 aliphatic heterocycles. The topological polar surface area (TPSA) is 57.8 Å². The molecule has 0 bridgehead atoms. The second kappa shape index (κ2) is 6.19. The number of alkyl halides is 3. The average molecular weight is 331 g/mol. The number of carbonyl (C=O) groups is 1. The third kappa shape index (κ3) is 3.81. The Morgan fingerprint density at radius 1 is 1.12 bits per heavy atom. The lowest BCUT2D eigenvalue weighted by atomic mass is 10.1. The number of halogens is 3. The molecular formula is C17H12F3N3O. The number of benzene rings is 2. The number of fused-ring (bicyclic) bond motifs is 1. The van der Waals surface area contributed by atoms with Gasteiger partial charge in [0.1, 0.15) is 0 Å². The SMILES string of the molecule is O=C(Nc1ccc2[nH]ncc2c1)c1ccc(C=CC(F)(F)F)cc1. The molecule has 0 aliphatic rings. The molecule has 0 spiro atoms. The number of anilines is 1. The van der Waals surface area contributed by atoms with E-state index in [-0.39, 0.29) is 12.0 Å². The molecule has 1 amide bonds. The first-order valence-corrected chi connectivity index (χ1v) is 7.01. The Kier molecular flexibility index (Phi) is 4.07. The van der Waals surface area contributed by atoms with Crippen LogP contribution in [0.1, 0.15) is 15.9 Å². The zero-order valence-electron chi connectivity index (χ0n) is 12.3. The van der Waals surface area contributed by atoms with Crippen LogP contribution in [0.25, 0.3) is 17.0 Å². The van der Waals surface area contributed by atoms with E-state index in [0.29, 0.717) is 16.8 Å². The van der Waals surface area contributed by atoms with Crippen LogP contribution in [0, 0.1) is 0 Å². The maximum absolute atomic E-state index is 12.2. The van der Waals surface area contributed by atoms with Gasteiger partial charge in [-0.25, -0.2) is 0 Å².